The number of aromatic nitrogens is 1. The lowest BCUT2D eigenvalue weighted by Crippen LogP contribution is -2.51. The van der Waals surface area contributed by atoms with E-state index >= 15 is 0 Å². The van der Waals surface area contributed by atoms with E-state index in [0.717, 1.165) is 30.9 Å². The van der Waals surface area contributed by atoms with Gasteiger partial charge < -0.3 is 19.7 Å². The van der Waals surface area contributed by atoms with E-state index in [0.29, 0.717) is 31.1 Å². The van der Waals surface area contributed by atoms with Gasteiger partial charge in [-0.1, -0.05) is 12.1 Å². The average molecular weight is 370 g/mol. The number of carbonyl (C=O) groups excluding carboxylic acids is 1. The van der Waals surface area contributed by atoms with E-state index in [9.17, 15) is 4.79 Å². The van der Waals surface area contributed by atoms with Gasteiger partial charge in [0.15, 0.2) is 11.5 Å². The van der Waals surface area contributed by atoms with Crippen LogP contribution in [0.15, 0.2) is 42.6 Å². The molecule has 1 aromatic carbocycles. The molecule has 1 saturated heterocycles. The van der Waals surface area contributed by atoms with Crippen LogP contribution in [-0.2, 0) is 13.1 Å². The summed E-state index contributed by atoms with van der Waals surface area (Å²) < 4.78 is 10.5. The normalized spacial score (nSPS) is 14.7. The third-order valence-electron chi connectivity index (χ3n) is 4.66. The lowest BCUT2D eigenvalue weighted by atomic mass is 10.2. The van der Waals surface area contributed by atoms with Crippen LogP contribution in [0.2, 0.25) is 0 Å². The average Bonchev–Trinajstić information content (AvgIpc) is 2.73. The van der Waals surface area contributed by atoms with Crippen LogP contribution in [0.3, 0.4) is 0 Å². The van der Waals surface area contributed by atoms with Crippen LogP contribution in [0.25, 0.3) is 0 Å². The molecule has 1 aliphatic heterocycles. The molecule has 1 N–H and O–H groups in total. The van der Waals surface area contributed by atoms with Crippen LogP contribution < -0.4 is 14.8 Å². The van der Waals surface area contributed by atoms with Crippen LogP contribution in [0, 0.1) is 0 Å². The van der Waals surface area contributed by atoms with Crippen molar-refractivity contribution >= 4 is 6.03 Å². The molecule has 2 aromatic rings. The highest BCUT2D eigenvalue weighted by atomic mass is 16.5. The minimum Gasteiger partial charge on any atom is -0.493 e. The summed E-state index contributed by atoms with van der Waals surface area (Å²) in [5.41, 5.74) is 2.03. The molecule has 1 aliphatic rings. The van der Waals surface area contributed by atoms with Crippen LogP contribution in [-0.4, -0.2) is 61.2 Å². The van der Waals surface area contributed by atoms with E-state index in [-0.39, 0.29) is 6.03 Å². The number of hydrogen-bond acceptors (Lipinski definition) is 5. The van der Waals surface area contributed by atoms with Crippen molar-refractivity contribution in [2.24, 2.45) is 0 Å². The van der Waals surface area contributed by atoms with Gasteiger partial charge in [-0.3, -0.25) is 9.88 Å². The lowest BCUT2D eigenvalue weighted by Gasteiger charge is -2.34. The van der Waals surface area contributed by atoms with E-state index in [1.807, 2.05) is 47.5 Å². The van der Waals surface area contributed by atoms with Gasteiger partial charge in [-0.25, -0.2) is 4.79 Å². The fraction of sp³-hybridized carbons (Fsp3) is 0.400. The summed E-state index contributed by atoms with van der Waals surface area (Å²) in [6.45, 7) is 4.39. The van der Waals surface area contributed by atoms with Crippen molar-refractivity contribution in [3.63, 3.8) is 0 Å². The molecule has 7 nitrogen and oxygen atoms in total. The summed E-state index contributed by atoms with van der Waals surface area (Å²) >= 11 is 0. The van der Waals surface area contributed by atoms with Crippen molar-refractivity contribution in [2.75, 3.05) is 40.4 Å². The maximum absolute atomic E-state index is 12.4. The topological polar surface area (TPSA) is 66.9 Å². The zero-order valence-electron chi connectivity index (χ0n) is 15.9. The Morgan fingerprint density at radius 2 is 1.85 bits per heavy atom. The Morgan fingerprint density at radius 1 is 1.07 bits per heavy atom. The third kappa shape index (κ3) is 5.10. The molecule has 0 unspecified atom stereocenters. The first kappa shape index (κ1) is 19.0. The number of hydrogen-bond donors (Lipinski definition) is 1. The zero-order valence-corrected chi connectivity index (χ0v) is 15.9. The molecule has 1 fully saturated rings. The number of methoxy groups -OCH3 is 2. The molecule has 2 heterocycles. The highest BCUT2D eigenvalue weighted by Gasteiger charge is 2.21. The first-order valence-corrected chi connectivity index (χ1v) is 9.05. The molecular formula is C20H26N4O3. The Balaban J connectivity index is 1.46. The number of piperazine rings is 1. The SMILES string of the molecule is COc1ccc(CNC(=O)N2CCN(Cc3ccccn3)CC2)cc1OC. The third-order valence-corrected chi connectivity index (χ3v) is 4.66. The molecule has 0 atom stereocenters. The predicted molar refractivity (Wildman–Crippen MR) is 103 cm³/mol. The summed E-state index contributed by atoms with van der Waals surface area (Å²) in [4.78, 5) is 21.0. The Bertz CT molecular complexity index is 746. The Kier molecular flexibility index (Phi) is 6.49. The number of carbonyl (C=O) groups is 1. The minimum atomic E-state index is -0.0396. The van der Waals surface area contributed by atoms with Crippen molar-refractivity contribution in [1.29, 1.82) is 0 Å². The van der Waals surface area contributed by atoms with E-state index in [1.54, 1.807) is 14.2 Å². The van der Waals surface area contributed by atoms with E-state index in [1.165, 1.54) is 0 Å². The van der Waals surface area contributed by atoms with E-state index < -0.39 is 0 Å². The number of nitrogens with zero attached hydrogens (tertiary/aromatic N) is 3. The first-order chi connectivity index (χ1) is 13.2. The van der Waals surface area contributed by atoms with E-state index in [2.05, 4.69) is 15.2 Å². The molecule has 0 radical (unpaired) electrons. The fourth-order valence-corrected chi connectivity index (χ4v) is 3.11. The standard InChI is InChI=1S/C20H26N4O3/c1-26-18-7-6-16(13-19(18)27-2)14-22-20(25)24-11-9-23(10-12-24)15-17-5-3-4-8-21-17/h3-8,13H,9-12,14-15H2,1-2H3,(H,22,25). The Labute approximate surface area is 159 Å². The number of amides is 2. The van der Waals surface area contributed by atoms with Crippen molar-refractivity contribution in [3.8, 4) is 11.5 Å². The molecular weight excluding hydrogens is 344 g/mol. The van der Waals surface area contributed by atoms with Gasteiger partial charge >= 0.3 is 6.03 Å². The molecule has 0 aliphatic carbocycles. The second-order valence-corrected chi connectivity index (χ2v) is 6.43. The van der Waals surface area contributed by atoms with Gasteiger partial charge in [0.05, 0.1) is 19.9 Å². The molecule has 1 aromatic heterocycles. The number of ether oxygens (including phenoxy) is 2. The molecule has 0 saturated carbocycles. The van der Waals surface area contributed by atoms with Crippen LogP contribution in [0.5, 0.6) is 11.5 Å². The molecule has 0 bridgehead atoms. The zero-order chi connectivity index (χ0) is 19.1. The highest BCUT2D eigenvalue weighted by molar-refractivity contribution is 5.74. The Morgan fingerprint density at radius 3 is 2.52 bits per heavy atom. The maximum Gasteiger partial charge on any atom is 0.317 e. The van der Waals surface area contributed by atoms with Crippen LogP contribution in [0.1, 0.15) is 11.3 Å². The quantitative estimate of drug-likeness (QED) is 0.844. The monoisotopic (exact) mass is 370 g/mol. The number of pyridine rings is 1. The molecule has 2 amide bonds. The summed E-state index contributed by atoms with van der Waals surface area (Å²) in [5.74, 6) is 1.34. The summed E-state index contributed by atoms with van der Waals surface area (Å²) in [6.07, 6.45) is 1.81. The van der Waals surface area contributed by atoms with Gasteiger partial charge in [0, 0.05) is 45.5 Å². The van der Waals surface area contributed by atoms with Crippen LogP contribution >= 0.6 is 0 Å². The van der Waals surface area contributed by atoms with Gasteiger partial charge in [-0.15, -0.1) is 0 Å². The van der Waals surface area contributed by atoms with Crippen molar-refractivity contribution in [3.05, 3.63) is 53.9 Å². The van der Waals surface area contributed by atoms with Crippen LogP contribution in [0.4, 0.5) is 4.79 Å². The molecule has 0 spiro atoms. The number of nitrogens with one attached hydrogen (secondary N) is 1. The number of urea groups is 1. The number of benzene rings is 1. The molecule has 7 heteroatoms. The van der Waals surface area contributed by atoms with Gasteiger partial charge in [0.1, 0.15) is 0 Å². The van der Waals surface area contributed by atoms with Crippen molar-refractivity contribution < 1.29 is 14.3 Å². The Hall–Kier alpha value is -2.80. The van der Waals surface area contributed by atoms with Gasteiger partial charge in [-0.2, -0.15) is 0 Å². The van der Waals surface area contributed by atoms with Crippen molar-refractivity contribution in [2.45, 2.75) is 13.1 Å². The molecule has 3 rings (SSSR count). The van der Waals surface area contributed by atoms with E-state index in [4.69, 9.17) is 9.47 Å². The number of rotatable bonds is 6. The second kappa shape index (κ2) is 9.23. The maximum atomic E-state index is 12.4. The van der Waals surface area contributed by atoms with Gasteiger partial charge in [-0.05, 0) is 29.8 Å². The smallest absolute Gasteiger partial charge is 0.317 e. The fourth-order valence-electron chi connectivity index (χ4n) is 3.11. The second-order valence-electron chi connectivity index (χ2n) is 6.43. The summed E-state index contributed by atoms with van der Waals surface area (Å²) in [5, 5.41) is 2.98. The largest absolute Gasteiger partial charge is 0.493 e. The highest BCUT2D eigenvalue weighted by Crippen LogP contribution is 2.27. The van der Waals surface area contributed by atoms with Gasteiger partial charge in [0.2, 0.25) is 0 Å². The first-order valence-electron chi connectivity index (χ1n) is 9.05. The molecule has 27 heavy (non-hydrogen) atoms. The minimum absolute atomic E-state index is 0.0396. The predicted octanol–water partition coefficient (Wildman–Crippen LogP) is 2.13. The molecule has 144 valence electrons. The van der Waals surface area contributed by atoms with Gasteiger partial charge in [0.25, 0.3) is 0 Å². The van der Waals surface area contributed by atoms with Crippen molar-refractivity contribution in [1.82, 2.24) is 20.1 Å². The summed E-state index contributed by atoms with van der Waals surface area (Å²) in [6, 6.07) is 11.6. The summed E-state index contributed by atoms with van der Waals surface area (Å²) in [7, 11) is 3.21. The lowest BCUT2D eigenvalue weighted by molar-refractivity contribution is 0.134.